The molecule has 1 N–H and O–H groups in total. The maximum atomic E-state index is 12.8. The van der Waals surface area contributed by atoms with E-state index in [-0.39, 0.29) is 18.2 Å². The Morgan fingerprint density at radius 3 is 2.59 bits per heavy atom. The molecule has 1 aliphatic rings. The summed E-state index contributed by atoms with van der Waals surface area (Å²) < 4.78 is 6.24. The van der Waals surface area contributed by atoms with Crippen molar-refractivity contribution in [2.24, 2.45) is 4.99 Å². The van der Waals surface area contributed by atoms with Gasteiger partial charge in [0.05, 0.1) is 12.8 Å². The van der Waals surface area contributed by atoms with Gasteiger partial charge in [0.1, 0.15) is 11.0 Å². The first-order valence-electron chi connectivity index (χ1n) is 8.87. The third-order valence-corrected chi connectivity index (χ3v) is 6.02. The van der Waals surface area contributed by atoms with Crippen LogP contribution in [0.4, 0.5) is 11.4 Å². The molecular weight excluding hydrogens is 501 g/mol. The number of nitrogens with zero attached hydrogens (tertiary/aromatic N) is 2. The summed E-state index contributed by atoms with van der Waals surface area (Å²) in [6.07, 6.45) is 1.72. The normalized spacial score (nSPS) is 17.4. The monoisotopic (exact) mass is 521 g/mol. The quantitative estimate of drug-likeness (QED) is 0.432. The van der Waals surface area contributed by atoms with Crippen LogP contribution in [0.5, 0.6) is 5.75 Å². The van der Waals surface area contributed by atoms with Gasteiger partial charge in [-0.3, -0.25) is 14.5 Å². The average molecular weight is 521 g/mol. The molecule has 0 aromatic heterocycles. The first-order chi connectivity index (χ1) is 14.0. The average Bonchev–Trinajstić information content (AvgIpc) is 2.99. The fourth-order valence-corrected chi connectivity index (χ4v) is 4.23. The van der Waals surface area contributed by atoms with E-state index in [4.69, 9.17) is 4.74 Å². The molecule has 0 unspecified atom stereocenters. The van der Waals surface area contributed by atoms with E-state index in [0.29, 0.717) is 23.1 Å². The number of benzene rings is 2. The Morgan fingerprint density at radius 2 is 1.97 bits per heavy atom. The van der Waals surface area contributed by atoms with Crippen LogP contribution >= 0.6 is 34.4 Å². The van der Waals surface area contributed by atoms with Crippen molar-refractivity contribution >= 4 is 62.7 Å². The summed E-state index contributed by atoms with van der Waals surface area (Å²) in [5.41, 5.74) is 1.42. The fourth-order valence-electron chi connectivity index (χ4n) is 2.70. The van der Waals surface area contributed by atoms with Crippen molar-refractivity contribution in [2.45, 2.75) is 11.7 Å². The topological polar surface area (TPSA) is 71.0 Å². The summed E-state index contributed by atoms with van der Waals surface area (Å²) in [4.78, 5) is 31.4. The SMILES string of the molecule is C=CCN1C(=O)[C@@H](CC(=O)Nc2ccc(I)cc2)SC1=Nc1ccc(OC)cc1. The van der Waals surface area contributed by atoms with Crippen LogP contribution in [0.3, 0.4) is 0 Å². The number of ether oxygens (including phenoxy) is 1. The van der Waals surface area contributed by atoms with Crippen molar-refractivity contribution in [1.82, 2.24) is 4.90 Å². The highest BCUT2D eigenvalue weighted by Gasteiger charge is 2.38. The van der Waals surface area contributed by atoms with Crippen LogP contribution in [0, 0.1) is 3.57 Å². The molecule has 2 aromatic carbocycles. The first kappa shape index (κ1) is 21.4. The molecule has 0 aliphatic carbocycles. The predicted octanol–water partition coefficient (Wildman–Crippen LogP) is 4.45. The van der Waals surface area contributed by atoms with Crippen molar-refractivity contribution in [1.29, 1.82) is 0 Å². The van der Waals surface area contributed by atoms with E-state index >= 15 is 0 Å². The van der Waals surface area contributed by atoms with Gasteiger partial charge >= 0.3 is 0 Å². The summed E-state index contributed by atoms with van der Waals surface area (Å²) in [6, 6.07) is 14.8. The van der Waals surface area contributed by atoms with Crippen LogP contribution in [-0.4, -0.2) is 40.8 Å². The number of nitrogens with one attached hydrogen (secondary N) is 1. The van der Waals surface area contributed by atoms with Gasteiger partial charge in [0, 0.05) is 22.2 Å². The van der Waals surface area contributed by atoms with E-state index in [1.165, 1.54) is 11.8 Å². The molecule has 1 atom stereocenters. The second-order valence-corrected chi connectivity index (χ2v) is 8.61. The molecular formula is C21H20IN3O3S. The zero-order chi connectivity index (χ0) is 20.8. The number of halogens is 1. The highest BCUT2D eigenvalue weighted by molar-refractivity contribution is 14.1. The van der Waals surface area contributed by atoms with Crippen molar-refractivity contribution in [3.05, 3.63) is 64.8 Å². The van der Waals surface area contributed by atoms with Gasteiger partial charge in [-0.05, 0) is 71.1 Å². The van der Waals surface area contributed by atoms with E-state index < -0.39 is 5.25 Å². The molecule has 0 radical (unpaired) electrons. The minimum atomic E-state index is -0.518. The number of anilines is 1. The Labute approximate surface area is 187 Å². The zero-order valence-corrected chi connectivity index (χ0v) is 18.8. The van der Waals surface area contributed by atoms with Gasteiger partial charge in [-0.2, -0.15) is 0 Å². The van der Waals surface area contributed by atoms with E-state index in [1.807, 2.05) is 48.5 Å². The van der Waals surface area contributed by atoms with Crippen LogP contribution in [0.2, 0.25) is 0 Å². The fraction of sp³-hybridized carbons (Fsp3) is 0.190. The number of thioether (sulfide) groups is 1. The van der Waals surface area contributed by atoms with Gasteiger partial charge in [-0.25, -0.2) is 4.99 Å². The van der Waals surface area contributed by atoms with Crippen LogP contribution in [-0.2, 0) is 9.59 Å². The van der Waals surface area contributed by atoms with Crippen molar-refractivity contribution < 1.29 is 14.3 Å². The lowest BCUT2D eigenvalue weighted by Gasteiger charge is -2.14. The highest BCUT2D eigenvalue weighted by Crippen LogP contribution is 2.32. The van der Waals surface area contributed by atoms with Crippen molar-refractivity contribution in [2.75, 3.05) is 19.0 Å². The lowest BCUT2D eigenvalue weighted by atomic mass is 10.2. The number of amides is 2. The lowest BCUT2D eigenvalue weighted by Crippen LogP contribution is -2.33. The van der Waals surface area contributed by atoms with Gasteiger partial charge in [0.15, 0.2) is 5.17 Å². The van der Waals surface area contributed by atoms with E-state index in [9.17, 15) is 9.59 Å². The number of aliphatic imine (C=N–C) groups is 1. The van der Waals surface area contributed by atoms with Gasteiger partial charge in [-0.15, -0.1) is 6.58 Å². The number of carbonyl (C=O) groups is 2. The minimum Gasteiger partial charge on any atom is -0.497 e. The number of rotatable bonds is 7. The summed E-state index contributed by atoms with van der Waals surface area (Å²) in [5, 5.41) is 2.88. The van der Waals surface area contributed by atoms with Crippen LogP contribution in [0.1, 0.15) is 6.42 Å². The van der Waals surface area contributed by atoms with Crippen molar-refractivity contribution in [3.8, 4) is 5.75 Å². The number of hydrogen-bond acceptors (Lipinski definition) is 5. The molecule has 3 rings (SSSR count). The Hall–Kier alpha value is -2.33. The molecule has 1 saturated heterocycles. The number of hydrogen-bond donors (Lipinski definition) is 1. The molecule has 1 heterocycles. The molecule has 2 aromatic rings. The number of carbonyl (C=O) groups excluding carboxylic acids is 2. The highest BCUT2D eigenvalue weighted by atomic mass is 127. The Bertz CT molecular complexity index is 929. The van der Waals surface area contributed by atoms with Gasteiger partial charge in [0.2, 0.25) is 11.8 Å². The summed E-state index contributed by atoms with van der Waals surface area (Å²) >= 11 is 3.50. The summed E-state index contributed by atoms with van der Waals surface area (Å²) in [7, 11) is 1.60. The standard InChI is InChI=1S/C21H20IN3O3S/c1-3-12-25-20(27)18(13-19(26)23-15-6-4-14(22)5-7-15)29-21(25)24-16-8-10-17(28-2)11-9-16/h3-11,18H,1,12-13H2,2H3,(H,23,26)/t18-/m1/s1. The molecule has 8 heteroatoms. The smallest absolute Gasteiger partial charge is 0.242 e. The largest absolute Gasteiger partial charge is 0.497 e. The van der Waals surface area contributed by atoms with E-state index in [0.717, 1.165) is 9.32 Å². The predicted molar refractivity (Wildman–Crippen MR) is 126 cm³/mol. The molecule has 0 bridgehead atoms. The minimum absolute atomic E-state index is 0.0742. The van der Waals surface area contributed by atoms with E-state index in [1.54, 1.807) is 18.1 Å². The van der Waals surface area contributed by atoms with Crippen molar-refractivity contribution in [3.63, 3.8) is 0 Å². The Balaban J connectivity index is 1.71. The molecule has 1 aliphatic heterocycles. The Morgan fingerprint density at radius 1 is 1.28 bits per heavy atom. The lowest BCUT2D eigenvalue weighted by molar-refractivity contribution is -0.127. The number of methoxy groups -OCH3 is 1. The zero-order valence-electron chi connectivity index (χ0n) is 15.8. The maximum Gasteiger partial charge on any atom is 0.242 e. The molecule has 2 amide bonds. The first-order valence-corrected chi connectivity index (χ1v) is 10.8. The summed E-state index contributed by atoms with van der Waals surface area (Å²) in [5.74, 6) is 0.387. The Kier molecular flexibility index (Phi) is 7.32. The maximum absolute atomic E-state index is 12.8. The third-order valence-electron chi connectivity index (χ3n) is 4.13. The van der Waals surface area contributed by atoms with Gasteiger partial charge in [-0.1, -0.05) is 17.8 Å². The molecule has 150 valence electrons. The van der Waals surface area contributed by atoms with Crippen LogP contribution < -0.4 is 10.1 Å². The molecule has 29 heavy (non-hydrogen) atoms. The molecule has 6 nitrogen and oxygen atoms in total. The van der Waals surface area contributed by atoms with Crippen LogP contribution in [0.25, 0.3) is 0 Å². The van der Waals surface area contributed by atoms with Gasteiger partial charge in [0.25, 0.3) is 0 Å². The number of amidine groups is 1. The second-order valence-electron chi connectivity index (χ2n) is 6.20. The van der Waals surface area contributed by atoms with Gasteiger partial charge < -0.3 is 10.1 Å². The third kappa shape index (κ3) is 5.60. The molecule has 0 spiro atoms. The summed E-state index contributed by atoms with van der Waals surface area (Å²) in [6.45, 7) is 4.06. The molecule has 1 fully saturated rings. The van der Waals surface area contributed by atoms with Crippen LogP contribution in [0.15, 0.2) is 66.2 Å². The molecule has 0 saturated carbocycles. The van der Waals surface area contributed by atoms with E-state index in [2.05, 4.69) is 39.5 Å². The second kappa shape index (κ2) is 9.93.